The summed E-state index contributed by atoms with van der Waals surface area (Å²) in [6.07, 6.45) is 3.18. The lowest BCUT2D eigenvalue weighted by molar-refractivity contribution is 0.667. The molecule has 0 aliphatic carbocycles. The SMILES string of the molecule is CCCNC(=NCC(C)CSC)NN. The zero-order valence-corrected chi connectivity index (χ0v) is 10.2. The topological polar surface area (TPSA) is 62.4 Å². The first kappa shape index (κ1) is 13.6. The second-order valence-corrected chi connectivity index (χ2v) is 4.23. The highest BCUT2D eigenvalue weighted by Gasteiger charge is 2.00. The molecule has 0 bridgehead atoms. The Morgan fingerprint density at radius 1 is 1.57 bits per heavy atom. The van der Waals surface area contributed by atoms with Crippen LogP contribution >= 0.6 is 11.8 Å². The van der Waals surface area contributed by atoms with Crippen LogP contribution in [0.25, 0.3) is 0 Å². The van der Waals surface area contributed by atoms with Crippen LogP contribution in [0.3, 0.4) is 0 Å². The Hall–Kier alpha value is -0.420. The highest BCUT2D eigenvalue weighted by molar-refractivity contribution is 7.98. The standard InChI is InChI=1S/C9H22N4S/c1-4-5-11-9(13-10)12-6-8(2)7-14-3/h8H,4-7,10H2,1-3H3,(H2,11,12,13). The Bertz CT molecular complexity index is 161. The van der Waals surface area contributed by atoms with Crippen molar-refractivity contribution in [1.82, 2.24) is 10.7 Å². The maximum atomic E-state index is 5.33. The monoisotopic (exact) mass is 218 g/mol. The molecule has 4 nitrogen and oxygen atoms in total. The number of nitrogens with zero attached hydrogens (tertiary/aromatic N) is 1. The molecule has 1 atom stereocenters. The van der Waals surface area contributed by atoms with Gasteiger partial charge in [-0.15, -0.1) is 0 Å². The minimum atomic E-state index is 0.594. The van der Waals surface area contributed by atoms with E-state index in [9.17, 15) is 0 Å². The molecule has 0 rings (SSSR count). The van der Waals surface area contributed by atoms with Crippen molar-refractivity contribution in [3.8, 4) is 0 Å². The van der Waals surface area contributed by atoms with Gasteiger partial charge in [0.25, 0.3) is 0 Å². The molecule has 0 heterocycles. The molecule has 0 aliphatic heterocycles. The molecule has 5 heteroatoms. The number of nitrogens with two attached hydrogens (primary N) is 1. The van der Waals surface area contributed by atoms with E-state index in [2.05, 4.69) is 35.8 Å². The van der Waals surface area contributed by atoms with Crippen LogP contribution in [0.2, 0.25) is 0 Å². The van der Waals surface area contributed by atoms with Gasteiger partial charge in [-0.1, -0.05) is 13.8 Å². The molecule has 84 valence electrons. The minimum absolute atomic E-state index is 0.594. The van der Waals surface area contributed by atoms with Gasteiger partial charge in [0, 0.05) is 13.1 Å². The normalized spacial score (nSPS) is 13.9. The molecule has 0 saturated heterocycles. The fourth-order valence-corrected chi connectivity index (χ4v) is 1.65. The maximum Gasteiger partial charge on any atom is 0.205 e. The lowest BCUT2D eigenvalue weighted by atomic mass is 10.2. The fraction of sp³-hybridized carbons (Fsp3) is 0.889. The first-order valence-electron chi connectivity index (χ1n) is 4.98. The molecule has 14 heavy (non-hydrogen) atoms. The van der Waals surface area contributed by atoms with Gasteiger partial charge in [-0.3, -0.25) is 10.4 Å². The van der Waals surface area contributed by atoms with Crippen LogP contribution in [0, 0.1) is 5.92 Å². The Morgan fingerprint density at radius 2 is 2.29 bits per heavy atom. The molecule has 0 aromatic rings. The Kier molecular flexibility index (Phi) is 8.87. The maximum absolute atomic E-state index is 5.33. The van der Waals surface area contributed by atoms with Crippen LogP contribution in [0.15, 0.2) is 4.99 Å². The first-order valence-corrected chi connectivity index (χ1v) is 6.37. The average Bonchev–Trinajstić information content (AvgIpc) is 2.19. The van der Waals surface area contributed by atoms with Crippen molar-refractivity contribution in [2.75, 3.05) is 25.1 Å². The third kappa shape index (κ3) is 7.03. The van der Waals surface area contributed by atoms with Crippen molar-refractivity contribution < 1.29 is 0 Å². The predicted octanol–water partition coefficient (Wildman–Crippen LogP) is 0.804. The molecule has 0 radical (unpaired) electrons. The first-order chi connectivity index (χ1) is 6.74. The molecule has 1 unspecified atom stereocenters. The Balaban J connectivity index is 3.78. The highest BCUT2D eigenvalue weighted by atomic mass is 32.2. The van der Waals surface area contributed by atoms with Gasteiger partial charge in [-0.05, 0) is 24.3 Å². The van der Waals surface area contributed by atoms with E-state index in [4.69, 9.17) is 5.84 Å². The molecule has 0 amide bonds. The number of rotatable bonds is 6. The lowest BCUT2D eigenvalue weighted by Gasteiger charge is -2.10. The smallest absolute Gasteiger partial charge is 0.205 e. The van der Waals surface area contributed by atoms with E-state index in [1.54, 1.807) is 0 Å². The van der Waals surface area contributed by atoms with Crippen LogP contribution in [-0.2, 0) is 0 Å². The molecule has 0 aromatic heterocycles. The Labute approximate surface area is 91.1 Å². The average molecular weight is 218 g/mol. The van der Waals surface area contributed by atoms with E-state index in [0.29, 0.717) is 11.9 Å². The summed E-state index contributed by atoms with van der Waals surface area (Å²) >= 11 is 1.85. The minimum Gasteiger partial charge on any atom is -0.355 e. The van der Waals surface area contributed by atoms with Crippen molar-refractivity contribution >= 4 is 17.7 Å². The Morgan fingerprint density at radius 3 is 2.79 bits per heavy atom. The number of nitrogens with one attached hydrogen (secondary N) is 2. The molecule has 0 aromatic carbocycles. The summed E-state index contributed by atoms with van der Waals surface area (Å²) in [4.78, 5) is 4.35. The highest BCUT2D eigenvalue weighted by Crippen LogP contribution is 2.03. The summed E-state index contributed by atoms with van der Waals surface area (Å²) in [7, 11) is 0. The van der Waals surface area contributed by atoms with Gasteiger partial charge >= 0.3 is 0 Å². The van der Waals surface area contributed by atoms with Gasteiger partial charge in [-0.25, -0.2) is 5.84 Å². The lowest BCUT2D eigenvalue weighted by Crippen LogP contribution is -2.42. The zero-order valence-electron chi connectivity index (χ0n) is 9.34. The largest absolute Gasteiger partial charge is 0.355 e. The van der Waals surface area contributed by atoms with Gasteiger partial charge < -0.3 is 5.32 Å². The molecule has 4 N–H and O–H groups in total. The third-order valence-electron chi connectivity index (χ3n) is 1.69. The van der Waals surface area contributed by atoms with Crippen LogP contribution in [0.1, 0.15) is 20.3 Å². The van der Waals surface area contributed by atoms with E-state index in [0.717, 1.165) is 25.3 Å². The second kappa shape index (κ2) is 9.15. The predicted molar refractivity (Wildman–Crippen MR) is 65.5 cm³/mol. The summed E-state index contributed by atoms with van der Waals surface area (Å²) in [6, 6.07) is 0. The van der Waals surface area contributed by atoms with Crippen molar-refractivity contribution in [3.05, 3.63) is 0 Å². The third-order valence-corrected chi connectivity index (χ3v) is 2.59. The van der Waals surface area contributed by atoms with E-state index < -0.39 is 0 Å². The van der Waals surface area contributed by atoms with Crippen molar-refractivity contribution in [2.45, 2.75) is 20.3 Å². The van der Waals surface area contributed by atoms with Crippen LogP contribution in [0.4, 0.5) is 0 Å². The van der Waals surface area contributed by atoms with E-state index in [1.807, 2.05) is 11.8 Å². The molecule has 0 fully saturated rings. The molecular formula is C9H22N4S. The number of guanidine groups is 1. The number of hydrogen-bond acceptors (Lipinski definition) is 3. The van der Waals surface area contributed by atoms with E-state index in [1.165, 1.54) is 0 Å². The number of hydrogen-bond donors (Lipinski definition) is 3. The molecule has 0 saturated carbocycles. The summed E-state index contributed by atoms with van der Waals surface area (Å²) in [5, 5.41) is 3.12. The number of hydrazine groups is 1. The molecule has 0 spiro atoms. The van der Waals surface area contributed by atoms with Gasteiger partial charge in [0.2, 0.25) is 5.96 Å². The van der Waals surface area contributed by atoms with Crippen LogP contribution < -0.4 is 16.6 Å². The fourth-order valence-electron chi connectivity index (χ4n) is 0.980. The molecular weight excluding hydrogens is 196 g/mol. The van der Waals surface area contributed by atoms with E-state index in [-0.39, 0.29) is 0 Å². The van der Waals surface area contributed by atoms with E-state index >= 15 is 0 Å². The van der Waals surface area contributed by atoms with Gasteiger partial charge in [0.05, 0.1) is 0 Å². The summed E-state index contributed by atoms with van der Waals surface area (Å²) < 4.78 is 0. The summed E-state index contributed by atoms with van der Waals surface area (Å²) in [5.41, 5.74) is 2.57. The van der Waals surface area contributed by atoms with Crippen LogP contribution in [-0.4, -0.2) is 31.1 Å². The zero-order chi connectivity index (χ0) is 10.8. The molecule has 0 aliphatic rings. The van der Waals surface area contributed by atoms with Crippen molar-refractivity contribution in [2.24, 2.45) is 16.8 Å². The van der Waals surface area contributed by atoms with Gasteiger partial charge in [0.1, 0.15) is 0 Å². The van der Waals surface area contributed by atoms with Gasteiger partial charge in [0.15, 0.2) is 0 Å². The van der Waals surface area contributed by atoms with Crippen LogP contribution in [0.5, 0.6) is 0 Å². The number of aliphatic imine (C=N–C) groups is 1. The quantitative estimate of drug-likeness (QED) is 0.267. The van der Waals surface area contributed by atoms with Gasteiger partial charge in [-0.2, -0.15) is 11.8 Å². The summed E-state index contributed by atoms with van der Waals surface area (Å²) in [6.45, 7) is 6.02. The number of thioether (sulfide) groups is 1. The second-order valence-electron chi connectivity index (χ2n) is 3.32. The van der Waals surface area contributed by atoms with Crippen molar-refractivity contribution in [3.63, 3.8) is 0 Å². The summed E-state index contributed by atoms with van der Waals surface area (Å²) in [5.74, 6) is 7.75. The van der Waals surface area contributed by atoms with Crippen molar-refractivity contribution in [1.29, 1.82) is 0 Å².